The summed E-state index contributed by atoms with van der Waals surface area (Å²) in [5.41, 5.74) is 6.04. The Balaban J connectivity index is 2.26. The van der Waals surface area contributed by atoms with Crippen molar-refractivity contribution in [2.75, 3.05) is 0 Å². The van der Waals surface area contributed by atoms with Gasteiger partial charge in [0.1, 0.15) is 16.3 Å². The fourth-order valence-corrected chi connectivity index (χ4v) is 2.20. The second kappa shape index (κ2) is 4.65. The van der Waals surface area contributed by atoms with E-state index in [0.29, 0.717) is 15.6 Å². The van der Waals surface area contributed by atoms with Crippen LogP contribution in [0.2, 0.25) is 0 Å². The van der Waals surface area contributed by atoms with E-state index in [1.807, 2.05) is 0 Å². The largest absolute Gasteiger partial charge is 0.396 e. The molecule has 0 aliphatic rings. The first-order chi connectivity index (χ1) is 8.39. The van der Waals surface area contributed by atoms with Gasteiger partial charge in [-0.3, -0.25) is 0 Å². The minimum Gasteiger partial charge on any atom is -0.333 e. The Kier molecular flexibility index (Phi) is 3.35. The normalized spacial score (nSPS) is 12.1. The van der Waals surface area contributed by atoms with Crippen molar-refractivity contribution in [3.8, 4) is 10.8 Å². The molecule has 0 bridgehead atoms. The summed E-state index contributed by atoms with van der Waals surface area (Å²) in [5.74, 6) is -0.344. The van der Waals surface area contributed by atoms with Gasteiger partial charge in [-0.15, -0.1) is 11.3 Å². The lowest BCUT2D eigenvalue weighted by Gasteiger charge is -1.99. The van der Waals surface area contributed by atoms with Crippen molar-refractivity contribution in [2.45, 2.75) is 26.1 Å². The molecule has 0 aliphatic heterocycles. The van der Waals surface area contributed by atoms with Gasteiger partial charge in [0.05, 0.1) is 5.69 Å². The van der Waals surface area contributed by atoms with E-state index in [-0.39, 0.29) is 18.3 Å². The number of nitrogens with two attached hydrogens (primary N) is 1. The van der Waals surface area contributed by atoms with Gasteiger partial charge in [0.2, 0.25) is 0 Å². The summed E-state index contributed by atoms with van der Waals surface area (Å²) in [6, 6.07) is 0. The average molecular weight is 278 g/mol. The van der Waals surface area contributed by atoms with Gasteiger partial charge < -0.3 is 10.3 Å². The van der Waals surface area contributed by atoms with Gasteiger partial charge in [-0.05, 0) is 6.92 Å². The van der Waals surface area contributed by atoms with E-state index < -0.39 is 12.6 Å². The van der Waals surface area contributed by atoms with Crippen LogP contribution in [0.5, 0.6) is 0 Å². The maximum atomic E-state index is 12.1. The van der Waals surface area contributed by atoms with Crippen LogP contribution in [0.3, 0.4) is 0 Å². The highest BCUT2D eigenvalue weighted by Gasteiger charge is 2.31. The number of aryl methyl sites for hydroxylation is 1. The van der Waals surface area contributed by atoms with Gasteiger partial charge in [0, 0.05) is 6.54 Å². The number of alkyl halides is 3. The Hall–Kier alpha value is -1.48. The number of hydrogen-bond donors (Lipinski definition) is 1. The van der Waals surface area contributed by atoms with Crippen LogP contribution in [-0.2, 0) is 13.0 Å². The van der Waals surface area contributed by atoms with Gasteiger partial charge in [0.15, 0.2) is 5.82 Å². The minimum atomic E-state index is -4.35. The highest BCUT2D eigenvalue weighted by Crippen LogP contribution is 2.29. The summed E-state index contributed by atoms with van der Waals surface area (Å²) < 4.78 is 41.2. The van der Waals surface area contributed by atoms with Crippen molar-refractivity contribution in [2.24, 2.45) is 5.73 Å². The zero-order chi connectivity index (χ0) is 13.3. The second-order valence-corrected chi connectivity index (χ2v) is 4.62. The van der Waals surface area contributed by atoms with E-state index in [1.165, 1.54) is 11.3 Å². The topological polar surface area (TPSA) is 77.8 Å². The van der Waals surface area contributed by atoms with Crippen LogP contribution in [0.25, 0.3) is 10.8 Å². The highest BCUT2D eigenvalue weighted by molar-refractivity contribution is 7.15. The van der Waals surface area contributed by atoms with Crippen molar-refractivity contribution in [3.63, 3.8) is 0 Å². The van der Waals surface area contributed by atoms with Crippen molar-refractivity contribution in [1.29, 1.82) is 0 Å². The SMILES string of the molecule is Cc1nc(CN)sc1-c1nc(CC(F)(F)F)no1. The summed E-state index contributed by atoms with van der Waals surface area (Å²) in [7, 11) is 0. The van der Waals surface area contributed by atoms with Crippen LogP contribution < -0.4 is 5.73 Å². The number of thiazole rings is 1. The molecular formula is C9H9F3N4OS. The van der Waals surface area contributed by atoms with Gasteiger partial charge in [-0.1, -0.05) is 5.16 Å². The molecule has 2 heterocycles. The predicted octanol–water partition coefficient (Wildman–Crippen LogP) is 2.07. The number of hydrogen-bond acceptors (Lipinski definition) is 6. The van der Waals surface area contributed by atoms with Crippen LogP contribution in [0, 0.1) is 6.92 Å². The summed E-state index contributed by atoms with van der Waals surface area (Å²) >= 11 is 1.23. The standard InChI is InChI=1S/C9H9F3N4OS/c1-4-7(18-6(3-13)14-4)8-15-5(16-17-8)2-9(10,11)12/h2-3,13H2,1H3. The van der Waals surface area contributed by atoms with Crippen molar-refractivity contribution in [1.82, 2.24) is 15.1 Å². The number of halogens is 3. The maximum Gasteiger partial charge on any atom is 0.396 e. The molecule has 98 valence electrons. The number of nitrogens with zero attached hydrogens (tertiary/aromatic N) is 3. The first-order valence-electron chi connectivity index (χ1n) is 4.95. The van der Waals surface area contributed by atoms with Crippen LogP contribution in [-0.4, -0.2) is 21.3 Å². The molecule has 0 aliphatic carbocycles. The molecule has 0 spiro atoms. The molecule has 0 amide bonds. The lowest BCUT2D eigenvalue weighted by atomic mass is 10.4. The molecule has 2 N–H and O–H groups in total. The zero-order valence-corrected chi connectivity index (χ0v) is 10.1. The van der Waals surface area contributed by atoms with Crippen molar-refractivity contribution in [3.05, 3.63) is 16.5 Å². The molecule has 2 rings (SSSR count). The average Bonchev–Trinajstić information content (AvgIpc) is 2.82. The Morgan fingerprint density at radius 1 is 1.33 bits per heavy atom. The number of rotatable bonds is 3. The summed E-state index contributed by atoms with van der Waals surface area (Å²) in [6.07, 6.45) is -5.57. The molecule has 0 radical (unpaired) electrons. The lowest BCUT2D eigenvalue weighted by Crippen LogP contribution is -2.12. The minimum absolute atomic E-state index is 0.0453. The lowest BCUT2D eigenvalue weighted by molar-refractivity contribution is -0.128. The Morgan fingerprint density at radius 3 is 2.61 bits per heavy atom. The number of aromatic nitrogens is 3. The molecule has 0 atom stereocenters. The van der Waals surface area contributed by atoms with Crippen LogP contribution >= 0.6 is 11.3 Å². The van der Waals surface area contributed by atoms with Crippen molar-refractivity contribution >= 4 is 11.3 Å². The molecule has 0 saturated carbocycles. The van der Waals surface area contributed by atoms with E-state index in [0.717, 1.165) is 0 Å². The third-order valence-corrected chi connectivity index (χ3v) is 3.20. The van der Waals surface area contributed by atoms with Gasteiger partial charge in [0.25, 0.3) is 5.89 Å². The van der Waals surface area contributed by atoms with E-state index >= 15 is 0 Å². The highest BCUT2D eigenvalue weighted by atomic mass is 32.1. The molecule has 2 aromatic heterocycles. The first kappa shape index (κ1) is 13.0. The van der Waals surface area contributed by atoms with Gasteiger partial charge in [-0.2, -0.15) is 18.2 Å². The van der Waals surface area contributed by atoms with E-state index in [1.54, 1.807) is 6.92 Å². The van der Waals surface area contributed by atoms with Gasteiger partial charge >= 0.3 is 6.18 Å². The fourth-order valence-electron chi connectivity index (χ4n) is 1.34. The third kappa shape index (κ3) is 2.85. The summed E-state index contributed by atoms with van der Waals surface area (Å²) in [5, 5.41) is 3.96. The molecule has 0 saturated heterocycles. The molecule has 2 aromatic rings. The van der Waals surface area contributed by atoms with E-state index in [4.69, 9.17) is 10.3 Å². The summed E-state index contributed by atoms with van der Waals surface area (Å²) in [4.78, 5) is 8.39. The summed E-state index contributed by atoms with van der Waals surface area (Å²) in [6.45, 7) is 1.97. The Bertz CT molecular complexity index is 548. The maximum absolute atomic E-state index is 12.1. The van der Waals surface area contributed by atoms with Crippen LogP contribution in [0.15, 0.2) is 4.52 Å². The molecule has 5 nitrogen and oxygen atoms in total. The van der Waals surface area contributed by atoms with Gasteiger partial charge in [-0.25, -0.2) is 4.98 Å². The molecule has 0 fully saturated rings. The quantitative estimate of drug-likeness (QED) is 0.929. The van der Waals surface area contributed by atoms with E-state index in [9.17, 15) is 13.2 Å². The zero-order valence-electron chi connectivity index (χ0n) is 9.28. The predicted molar refractivity (Wildman–Crippen MR) is 57.8 cm³/mol. The van der Waals surface area contributed by atoms with Crippen molar-refractivity contribution < 1.29 is 17.7 Å². The second-order valence-electron chi connectivity index (χ2n) is 3.53. The van der Waals surface area contributed by atoms with E-state index in [2.05, 4.69) is 15.1 Å². The first-order valence-corrected chi connectivity index (χ1v) is 5.77. The monoisotopic (exact) mass is 278 g/mol. The molecular weight excluding hydrogens is 269 g/mol. The third-order valence-electron chi connectivity index (χ3n) is 2.04. The Labute approximate surface area is 104 Å². The van der Waals surface area contributed by atoms with Crippen LogP contribution in [0.4, 0.5) is 13.2 Å². The molecule has 0 unspecified atom stereocenters. The van der Waals surface area contributed by atoms with Crippen LogP contribution in [0.1, 0.15) is 16.5 Å². The fraction of sp³-hybridized carbons (Fsp3) is 0.444. The molecule has 18 heavy (non-hydrogen) atoms. The molecule has 0 aromatic carbocycles. The molecule has 9 heteroatoms. The Morgan fingerprint density at radius 2 is 2.06 bits per heavy atom. The smallest absolute Gasteiger partial charge is 0.333 e.